The van der Waals surface area contributed by atoms with Crippen molar-refractivity contribution >= 4 is 5.91 Å². The third-order valence-corrected chi connectivity index (χ3v) is 5.41. The zero-order chi connectivity index (χ0) is 15.9. The minimum Gasteiger partial charge on any atom is -0.396 e. The van der Waals surface area contributed by atoms with Crippen LogP contribution in [0.25, 0.3) is 0 Å². The molecule has 3 rings (SSSR count). The number of aliphatic hydroxyl groups is 2. The molecule has 4 heteroatoms. The van der Waals surface area contributed by atoms with Crippen LogP contribution in [0.4, 0.5) is 0 Å². The summed E-state index contributed by atoms with van der Waals surface area (Å²) >= 11 is 0. The quantitative estimate of drug-likeness (QED) is 0.868. The van der Waals surface area contributed by atoms with E-state index in [-0.39, 0.29) is 36.4 Å². The molecule has 1 aromatic rings. The van der Waals surface area contributed by atoms with Gasteiger partial charge in [-0.3, -0.25) is 4.79 Å². The van der Waals surface area contributed by atoms with Gasteiger partial charge in [0.2, 0.25) is 0 Å². The lowest BCUT2D eigenvalue weighted by molar-refractivity contribution is 0.0637. The van der Waals surface area contributed by atoms with Gasteiger partial charge in [-0.2, -0.15) is 0 Å². The lowest BCUT2D eigenvalue weighted by Gasteiger charge is -2.24. The van der Waals surface area contributed by atoms with Gasteiger partial charge in [-0.1, -0.05) is 26.0 Å². The zero-order valence-electron chi connectivity index (χ0n) is 13.3. The number of carbonyl (C=O) groups is 1. The summed E-state index contributed by atoms with van der Waals surface area (Å²) < 4.78 is 0. The van der Waals surface area contributed by atoms with Crippen LogP contribution in [0.3, 0.4) is 0 Å². The molecule has 120 valence electrons. The first-order valence-corrected chi connectivity index (χ1v) is 8.11. The van der Waals surface area contributed by atoms with Crippen LogP contribution >= 0.6 is 0 Å². The molecule has 1 aliphatic carbocycles. The highest BCUT2D eigenvalue weighted by Gasteiger charge is 2.68. The Morgan fingerprint density at radius 3 is 2.18 bits per heavy atom. The molecule has 1 saturated heterocycles. The van der Waals surface area contributed by atoms with Gasteiger partial charge in [-0.15, -0.1) is 0 Å². The molecule has 0 aromatic heterocycles. The number of likely N-dealkylation sites (tertiary alicyclic amines) is 1. The summed E-state index contributed by atoms with van der Waals surface area (Å²) in [5.74, 6) is 1.18. The molecule has 0 bridgehead atoms. The molecular weight excluding hydrogens is 278 g/mol. The molecule has 1 aliphatic heterocycles. The smallest absolute Gasteiger partial charge is 0.253 e. The van der Waals surface area contributed by atoms with Crippen LogP contribution in [-0.2, 0) is 6.42 Å². The average molecular weight is 303 g/mol. The number of hydrogen-bond donors (Lipinski definition) is 2. The Morgan fingerprint density at radius 1 is 1.18 bits per heavy atom. The summed E-state index contributed by atoms with van der Waals surface area (Å²) in [6, 6.07) is 7.90. The summed E-state index contributed by atoms with van der Waals surface area (Å²) in [7, 11) is 0. The maximum atomic E-state index is 12.5. The predicted molar refractivity (Wildman–Crippen MR) is 84.5 cm³/mol. The first-order chi connectivity index (χ1) is 10.5. The number of fused-ring (bicyclic) bond motifs is 1. The molecule has 2 unspecified atom stereocenters. The second-order valence-electron chi connectivity index (χ2n) is 7.27. The van der Waals surface area contributed by atoms with Crippen molar-refractivity contribution in [3.63, 3.8) is 0 Å². The molecule has 1 amide bonds. The number of rotatable bonds is 5. The van der Waals surface area contributed by atoms with E-state index in [1.54, 1.807) is 0 Å². The van der Waals surface area contributed by atoms with Crippen LogP contribution in [0.1, 0.15) is 29.8 Å². The van der Waals surface area contributed by atoms with E-state index in [0.29, 0.717) is 19.0 Å². The number of aliphatic hydroxyl groups excluding tert-OH is 2. The number of amides is 1. The number of carbonyl (C=O) groups excluding carboxylic acids is 1. The Balaban J connectivity index is 1.62. The minimum atomic E-state index is -0.335. The lowest BCUT2D eigenvalue weighted by atomic mass is 10.0. The maximum absolute atomic E-state index is 12.5. The monoisotopic (exact) mass is 303 g/mol. The van der Waals surface area contributed by atoms with Crippen LogP contribution in [0.2, 0.25) is 0 Å². The van der Waals surface area contributed by atoms with E-state index in [1.165, 1.54) is 5.56 Å². The number of hydrogen-bond acceptors (Lipinski definition) is 3. The van der Waals surface area contributed by atoms with Crippen molar-refractivity contribution in [3.8, 4) is 0 Å². The Bertz CT molecular complexity index is 534. The summed E-state index contributed by atoms with van der Waals surface area (Å²) in [6.45, 7) is 5.71. The lowest BCUT2D eigenvalue weighted by Crippen LogP contribution is -2.36. The van der Waals surface area contributed by atoms with E-state index in [9.17, 15) is 15.0 Å². The van der Waals surface area contributed by atoms with Gasteiger partial charge < -0.3 is 15.1 Å². The Hall–Kier alpha value is -1.39. The van der Waals surface area contributed by atoms with Gasteiger partial charge in [0.05, 0.1) is 13.2 Å². The van der Waals surface area contributed by atoms with Gasteiger partial charge in [0, 0.05) is 24.1 Å². The highest BCUT2D eigenvalue weighted by Crippen LogP contribution is 2.62. The molecule has 2 atom stereocenters. The Kier molecular flexibility index (Phi) is 4.00. The summed E-state index contributed by atoms with van der Waals surface area (Å²) in [5.41, 5.74) is 1.65. The van der Waals surface area contributed by atoms with Gasteiger partial charge in [0.1, 0.15) is 0 Å². The molecule has 4 nitrogen and oxygen atoms in total. The third kappa shape index (κ3) is 2.44. The zero-order valence-corrected chi connectivity index (χ0v) is 13.3. The third-order valence-electron chi connectivity index (χ3n) is 5.41. The van der Waals surface area contributed by atoms with E-state index in [1.807, 2.05) is 29.2 Å². The van der Waals surface area contributed by atoms with Crippen LogP contribution in [-0.4, -0.2) is 47.3 Å². The summed E-state index contributed by atoms with van der Waals surface area (Å²) in [5, 5.41) is 18.9. The first kappa shape index (κ1) is 15.5. The van der Waals surface area contributed by atoms with Crippen molar-refractivity contribution < 1.29 is 15.0 Å². The molecule has 0 radical (unpaired) electrons. The van der Waals surface area contributed by atoms with Crippen molar-refractivity contribution in [1.29, 1.82) is 0 Å². The molecule has 2 aliphatic rings. The number of benzene rings is 1. The van der Waals surface area contributed by atoms with Crippen molar-refractivity contribution in [3.05, 3.63) is 35.4 Å². The van der Waals surface area contributed by atoms with Crippen molar-refractivity contribution in [2.75, 3.05) is 26.3 Å². The van der Waals surface area contributed by atoms with Gasteiger partial charge in [-0.25, -0.2) is 0 Å². The first-order valence-electron chi connectivity index (χ1n) is 8.11. The second kappa shape index (κ2) is 5.67. The molecular formula is C18H25NO3. The minimum absolute atomic E-state index is 0.0186. The van der Waals surface area contributed by atoms with Crippen molar-refractivity contribution in [1.82, 2.24) is 4.90 Å². The molecule has 2 N–H and O–H groups in total. The topological polar surface area (TPSA) is 60.8 Å². The molecule has 0 spiro atoms. The van der Waals surface area contributed by atoms with Crippen LogP contribution in [0.5, 0.6) is 0 Å². The normalized spacial score (nSPS) is 25.4. The average Bonchev–Trinajstić information content (AvgIpc) is 2.88. The van der Waals surface area contributed by atoms with E-state index in [0.717, 1.165) is 12.0 Å². The fraction of sp³-hybridized carbons (Fsp3) is 0.611. The molecule has 22 heavy (non-hydrogen) atoms. The fourth-order valence-corrected chi connectivity index (χ4v) is 3.96. The largest absolute Gasteiger partial charge is 0.396 e. The van der Waals surface area contributed by atoms with Crippen molar-refractivity contribution in [2.24, 2.45) is 23.2 Å². The predicted octanol–water partition coefficient (Wildman–Crippen LogP) is 1.56. The van der Waals surface area contributed by atoms with Gasteiger partial charge in [-0.05, 0) is 41.9 Å². The summed E-state index contributed by atoms with van der Waals surface area (Å²) in [6.07, 6.45) is 1.03. The Labute approximate surface area is 131 Å². The van der Waals surface area contributed by atoms with Gasteiger partial charge in [0.15, 0.2) is 0 Å². The molecule has 1 saturated carbocycles. The molecule has 1 aromatic carbocycles. The molecule has 2 fully saturated rings. The van der Waals surface area contributed by atoms with Crippen LogP contribution in [0.15, 0.2) is 24.3 Å². The van der Waals surface area contributed by atoms with Gasteiger partial charge >= 0.3 is 0 Å². The van der Waals surface area contributed by atoms with E-state index in [4.69, 9.17) is 0 Å². The van der Waals surface area contributed by atoms with Gasteiger partial charge in [0.25, 0.3) is 5.91 Å². The van der Waals surface area contributed by atoms with Crippen molar-refractivity contribution in [2.45, 2.75) is 20.3 Å². The van der Waals surface area contributed by atoms with E-state index >= 15 is 0 Å². The number of piperidine rings is 1. The second-order valence-corrected chi connectivity index (χ2v) is 7.27. The summed E-state index contributed by atoms with van der Waals surface area (Å²) in [4.78, 5) is 14.4. The fourth-order valence-electron chi connectivity index (χ4n) is 3.96. The number of nitrogens with zero attached hydrogens (tertiary/aromatic N) is 1. The highest BCUT2D eigenvalue weighted by atomic mass is 16.3. The maximum Gasteiger partial charge on any atom is 0.253 e. The SMILES string of the molecule is CC(C)Cc1ccc(C(=O)N2CC3C(C2)C3(CO)CO)cc1. The van der Waals surface area contributed by atoms with E-state index in [2.05, 4.69) is 13.8 Å². The molecule has 1 heterocycles. The standard InChI is InChI=1S/C18H25NO3/c1-12(2)7-13-3-5-14(6-4-13)17(22)19-8-15-16(9-19)18(15,10-20)11-21/h3-6,12,15-16,20-21H,7-11H2,1-2H3. The highest BCUT2D eigenvalue weighted by molar-refractivity contribution is 5.94. The van der Waals surface area contributed by atoms with Crippen LogP contribution in [0, 0.1) is 23.2 Å². The van der Waals surface area contributed by atoms with E-state index < -0.39 is 0 Å². The Morgan fingerprint density at radius 2 is 1.73 bits per heavy atom. The van der Waals surface area contributed by atoms with Crippen LogP contribution < -0.4 is 0 Å².